The summed E-state index contributed by atoms with van der Waals surface area (Å²) in [5.41, 5.74) is 0.975. The van der Waals surface area contributed by atoms with Crippen LogP contribution in [0.15, 0.2) is 18.2 Å². The fourth-order valence-electron chi connectivity index (χ4n) is 2.51. The Morgan fingerprint density at radius 2 is 1.79 bits per heavy atom. The quantitative estimate of drug-likeness (QED) is 0.621. The van der Waals surface area contributed by atoms with Gasteiger partial charge in [0.2, 0.25) is 0 Å². The van der Waals surface area contributed by atoms with Crippen molar-refractivity contribution in [2.75, 3.05) is 13.1 Å². The summed E-state index contributed by atoms with van der Waals surface area (Å²) in [6.45, 7) is 2.82. The predicted molar refractivity (Wildman–Crippen MR) is 76.5 cm³/mol. The number of likely N-dealkylation sites (tertiary alicyclic amines) is 1. The molecule has 0 aliphatic carbocycles. The third-order valence-corrected chi connectivity index (χ3v) is 3.95. The smallest absolute Gasteiger partial charge is 0.269 e. The number of rotatable bonds is 3. The maximum absolute atomic E-state index is 10.8. The van der Waals surface area contributed by atoms with Gasteiger partial charge >= 0.3 is 0 Å². The van der Waals surface area contributed by atoms with E-state index in [4.69, 9.17) is 11.6 Å². The first-order chi connectivity index (χ1) is 9.16. The van der Waals surface area contributed by atoms with E-state index < -0.39 is 0 Å². The van der Waals surface area contributed by atoms with Crippen molar-refractivity contribution in [1.29, 1.82) is 0 Å². The van der Waals surface area contributed by atoms with Crippen molar-refractivity contribution < 1.29 is 4.92 Å². The van der Waals surface area contributed by atoms with Crippen LogP contribution in [0, 0.1) is 10.1 Å². The summed E-state index contributed by atoms with van der Waals surface area (Å²) in [6.07, 6.45) is 6.28. The predicted octanol–water partition coefficient (Wildman–Crippen LogP) is 4.01. The first kappa shape index (κ1) is 14.3. The summed E-state index contributed by atoms with van der Waals surface area (Å²) in [7, 11) is 0. The first-order valence-electron chi connectivity index (χ1n) is 6.82. The molecule has 4 nitrogen and oxygen atoms in total. The Hall–Kier alpha value is -1.13. The molecular formula is C14H19ClN2O2. The highest BCUT2D eigenvalue weighted by molar-refractivity contribution is 6.31. The number of nitro benzene ring substituents is 1. The van der Waals surface area contributed by atoms with E-state index in [9.17, 15) is 10.1 Å². The van der Waals surface area contributed by atoms with Crippen LogP contribution in [0.5, 0.6) is 0 Å². The normalized spacial score (nSPS) is 17.7. The molecule has 1 aliphatic heterocycles. The number of nitrogens with zero attached hydrogens (tertiary/aromatic N) is 2. The molecule has 0 spiro atoms. The Labute approximate surface area is 118 Å². The summed E-state index contributed by atoms with van der Waals surface area (Å²) in [5, 5.41) is 11.4. The summed E-state index contributed by atoms with van der Waals surface area (Å²) in [4.78, 5) is 12.8. The lowest BCUT2D eigenvalue weighted by molar-refractivity contribution is -0.384. The van der Waals surface area contributed by atoms with Crippen molar-refractivity contribution in [3.63, 3.8) is 0 Å². The maximum atomic E-state index is 10.8. The van der Waals surface area contributed by atoms with E-state index in [-0.39, 0.29) is 10.6 Å². The van der Waals surface area contributed by atoms with Crippen LogP contribution in [-0.4, -0.2) is 22.9 Å². The molecule has 0 atom stereocenters. The van der Waals surface area contributed by atoms with Gasteiger partial charge in [-0.1, -0.05) is 30.9 Å². The molecule has 1 aliphatic rings. The number of benzene rings is 1. The number of nitro groups is 1. The topological polar surface area (TPSA) is 46.4 Å². The van der Waals surface area contributed by atoms with Crippen LogP contribution in [0.4, 0.5) is 5.69 Å². The van der Waals surface area contributed by atoms with Gasteiger partial charge in [0.25, 0.3) is 5.69 Å². The largest absolute Gasteiger partial charge is 0.299 e. The molecule has 0 amide bonds. The maximum Gasteiger partial charge on any atom is 0.269 e. The molecule has 104 valence electrons. The third kappa shape index (κ3) is 4.18. The van der Waals surface area contributed by atoms with Gasteiger partial charge in [-0.3, -0.25) is 15.0 Å². The molecule has 0 unspecified atom stereocenters. The lowest BCUT2D eigenvalue weighted by Crippen LogP contribution is -2.27. The monoisotopic (exact) mass is 282 g/mol. The van der Waals surface area contributed by atoms with Gasteiger partial charge in [0.15, 0.2) is 0 Å². The van der Waals surface area contributed by atoms with Gasteiger partial charge in [0.05, 0.1) is 4.92 Å². The molecule has 0 saturated carbocycles. The third-order valence-electron chi connectivity index (χ3n) is 3.58. The Bertz CT molecular complexity index is 443. The second kappa shape index (κ2) is 6.87. The van der Waals surface area contributed by atoms with Gasteiger partial charge in [0, 0.05) is 23.7 Å². The van der Waals surface area contributed by atoms with E-state index in [2.05, 4.69) is 4.90 Å². The summed E-state index contributed by atoms with van der Waals surface area (Å²) >= 11 is 6.14. The zero-order valence-electron chi connectivity index (χ0n) is 11.0. The van der Waals surface area contributed by atoms with Crippen LogP contribution >= 0.6 is 11.6 Å². The minimum absolute atomic E-state index is 0.117. The first-order valence-corrected chi connectivity index (χ1v) is 7.20. The minimum Gasteiger partial charge on any atom is -0.299 e. The molecule has 19 heavy (non-hydrogen) atoms. The molecule has 0 radical (unpaired) electrons. The molecule has 1 aromatic rings. The Morgan fingerprint density at radius 3 is 2.42 bits per heavy atom. The van der Waals surface area contributed by atoms with Gasteiger partial charge < -0.3 is 0 Å². The SMILES string of the molecule is O=[N+]([O-])c1ccc(Cl)c(CN2CCCCCCC2)c1. The van der Waals surface area contributed by atoms with Crippen molar-refractivity contribution >= 4 is 17.3 Å². The number of hydrogen-bond donors (Lipinski definition) is 0. The summed E-state index contributed by atoms with van der Waals surface area (Å²) in [6, 6.07) is 4.68. The van der Waals surface area contributed by atoms with Crippen LogP contribution in [0.1, 0.15) is 37.7 Å². The highest BCUT2D eigenvalue weighted by Gasteiger charge is 2.14. The van der Waals surface area contributed by atoms with Crippen LogP contribution < -0.4 is 0 Å². The molecule has 5 heteroatoms. The Kier molecular flexibility index (Phi) is 5.16. The highest BCUT2D eigenvalue weighted by atomic mass is 35.5. The molecule has 0 bridgehead atoms. The number of non-ortho nitro benzene ring substituents is 1. The van der Waals surface area contributed by atoms with Gasteiger partial charge in [-0.15, -0.1) is 0 Å². The second-order valence-corrected chi connectivity index (χ2v) is 5.48. The van der Waals surface area contributed by atoms with E-state index in [0.717, 1.165) is 18.7 Å². The molecular weight excluding hydrogens is 264 g/mol. The van der Waals surface area contributed by atoms with Gasteiger partial charge in [-0.05, 0) is 37.6 Å². The van der Waals surface area contributed by atoms with Crippen LogP contribution in [0.25, 0.3) is 0 Å². The van der Waals surface area contributed by atoms with Crippen molar-refractivity contribution in [2.24, 2.45) is 0 Å². The van der Waals surface area contributed by atoms with E-state index in [1.165, 1.54) is 38.2 Å². The van der Waals surface area contributed by atoms with Crippen molar-refractivity contribution in [3.05, 3.63) is 38.9 Å². The Balaban J connectivity index is 2.07. The fourth-order valence-corrected chi connectivity index (χ4v) is 2.69. The molecule has 1 heterocycles. The standard InChI is InChI=1S/C14H19ClN2O2/c15-14-7-6-13(17(18)19)10-12(14)11-16-8-4-2-1-3-5-9-16/h6-7,10H,1-5,8-9,11H2. The van der Waals surface area contributed by atoms with Crippen molar-refractivity contribution in [2.45, 2.75) is 38.6 Å². The molecule has 2 rings (SSSR count). The minimum atomic E-state index is -0.368. The van der Waals surface area contributed by atoms with E-state index >= 15 is 0 Å². The second-order valence-electron chi connectivity index (χ2n) is 5.08. The average molecular weight is 283 g/mol. The van der Waals surface area contributed by atoms with E-state index in [1.54, 1.807) is 12.1 Å². The summed E-state index contributed by atoms with van der Waals surface area (Å²) in [5.74, 6) is 0. The number of halogens is 1. The number of hydrogen-bond acceptors (Lipinski definition) is 3. The fraction of sp³-hybridized carbons (Fsp3) is 0.571. The molecule has 0 aromatic heterocycles. The Morgan fingerprint density at radius 1 is 1.16 bits per heavy atom. The van der Waals surface area contributed by atoms with Crippen molar-refractivity contribution in [3.8, 4) is 0 Å². The average Bonchev–Trinajstić information content (AvgIpc) is 2.34. The van der Waals surface area contributed by atoms with Crippen molar-refractivity contribution in [1.82, 2.24) is 4.90 Å². The van der Waals surface area contributed by atoms with Crippen LogP contribution in [-0.2, 0) is 6.54 Å². The zero-order chi connectivity index (χ0) is 13.7. The van der Waals surface area contributed by atoms with Gasteiger partial charge in [-0.2, -0.15) is 0 Å². The van der Waals surface area contributed by atoms with Gasteiger partial charge in [0.1, 0.15) is 0 Å². The van der Waals surface area contributed by atoms with Crippen LogP contribution in [0.3, 0.4) is 0 Å². The molecule has 1 fully saturated rings. The van der Waals surface area contributed by atoms with E-state index in [1.807, 2.05) is 0 Å². The lowest BCUT2D eigenvalue weighted by atomic mass is 10.1. The zero-order valence-corrected chi connectivity index (χ0v) is 11.7. The van der Waals surface area contributed by atoms with Crippen LogP contribution in [0.2, 0.25) is 5.02 Å². The lowest BCUT2D eigenvalue weighted by Gasteiger charge is -2.24. The van der Waals surface area contributed by atoms with Gasteiger partial charge in [-0.25, -0.2) is 0 Å². The summed E-state index contributed by atoms with van der Waals surface area (Å²) < 4.78 is 0. The molecule has 1 aromatic carbocycles. The van der Waals surface area contributed by atoms with E-state index in [0.29, 0.717) is 11.6 Å². The molecule has 0 N–H and O–H groups in total. The molecule has 1 saturated heterocycles. The highest BCUT2D eigenvalue weighted by Crippen LogP contribution is 2.24.